The molecule has 1 aromatic carbocycles. The normalized spacial score (nSPS) is 10.6. The van der Waals surface area contributed by atoms with Crippen molar-refractivity contribution in [2.24, 2.45) is 0 Å². The summed E-state index contributed by atoms with van der Waals surface area (Å²) in [6.07, 6.45) is 3.46. The number of imidazole rings is 1. The molecule has 0 amide bonds. The fourth-order valence-corrected chi connectivity index (χ4v) is 2.18. The summed E-state index contributed by atoms with van der Waals surface area (Å²) in [6.45, 7) is 5.39. The maximum atomic E-state index is 12.0. The van der Waals surface area contributed by atoms with Gasteiger partial charge < -0.3 is 5.32 Å². The predicted molar refractivity (Wildman–Crippen MR) is 80.7 cm³/mol. The first kappa shape index (κ1) is 14.8. The van der Waals surface area contributed by atoms with Crippen LogP contribution in [0.25, 0.3) is 0 Å². The van der Waals surface area contributed by atoms with E-state index < -0.39 is 4.92 Å². The molecule has 0 fully saturated rings. The van der Waals surface area contributed by atoms with Gasteiger partial charge in [-0.15, -0.1) is 0 Å². The van der Waals surface area contributed by atoms with Gasteiger partial charge in [0.05, 0.1) is 11.5 Å². The molecule has 0 aliphatic rings. The molecule has 0 bridgehead atoms. The molecule has 0 saturated carbocycles. The topological polar surface area (TPSA) is 82.1 Å². The van der Waals surface area contributed by atoms with Gasteiger partial charge in [0.2, 0.25) is 0 Å². The molecule has 2 aromatic rings. The third-order valence-corrected chi connectivity index (χ3v) is 3.24. The fraction of sp³-hybridized carbons (Fsp3) is 0.357. The fourth-order valence-electron chi connectivity index (χ4n) is 2.18. The van der Waals surface area contributed by atoms with Crippen molar-refractivity contribution in [3.05, 3.63) is 56.8 Å². The lowest BCUT2D eigenvalue weighted by molar-refractivity contribution is -0.384. The number of nitrogens with one attached hydrogen (secondary N) is 1. The Morgan fingerprint density at radius 2 is 1.95 bits per heavy atom. The number of rotatable bonds is 6. The summed E-state index contributed by atoms with van der Waals surface area (Å²) in [7, 11) is 0. The van der Waals surface area contributed by atoms with E-state index in [1.165, 1.54) is 6.07 Å². The molecule has 0 unspecified atom stereocenters. The van der Waals surface area contributed by atoms with Crippen LogP contribution in [0.2, 0.25) is 0 Å². The van der Waals surface area contributed by atoms with E-state index in [9.17, 15) is 14.9 Å². The molecular weight excluding hydrogens is 272 g/mol. The van der Waals surface area contributed by atoms with E-state index in [4.69, 9.17) is 0 Å². The summed E-state index contributed by atoms with van der Waals surface area (Å²) in [5, 5.41) is 13.9. The molecule has 7 nitrogen and oxygen atoms in total. The summed E-state index contributed by atoms with van der Waals surface area (Å²) in [5.41, 5.74) is 1.27. The molecule has 0 aliphatic heterocycles. The van der Waals surface area contributed by atoms with Crippen LogP contribution < -0.4 is 11.0 Å². The van der Waals surface area contributed by atoms with Crippen molar-refractivity contribution in [1.29, 1.82) is 0 Å². The van der Waals surface area contributed by atoms with Crippen LogP contribution in [0.3, 0.4) is 0 Å². The minimum atomic E-state index is -0.415. The van der Waals surface area contributed by atoms with Crippen LogP contribution in [0, 0.1) is 10.1 Å². The van der Waals surface area contributed by atoms with Gasteiger partial charge in [-0.25, -0.2) is 4.79 Å². The van der Waals surface area contributed by atoms with Gasteiger partial charge in [0.25, 0.3) is 5.69 Å². The van der Waals surface area contributed by atoms with Crippen LogP contribution in [0.4, 0.5) is 11.4 Å². The lowest BCUT2D eigenvalue weighted by atomic mass is 10.1. The van der Waals surface area contributed by atoms with Crippen LogP contribution in [-0.4, -0.2) is 20.6 Å². The second-order valence-electron chi connectivity index (χ2n) is 4.63. The number of nitro benzene ring substituents is 1. The van der Waals surface area contributed by atoms with E-state index in [2.05, 4.69) is 5.32 Å². The van der Waals surface area contributed by atoms with Crippen molar-refractivity contribution in [3.8, 4) is 0 Å². The standard InChI is InChI=1S/C14H18N4O3/c1-3-15-12-9-11(5-6-13(12)18(20)21)10-17-8-7-16(4-2)14(17)19/h5-9,15H,3-4,10H2,1-2H3. The molecule has 1 aromatic heterocycles. The predicted octanol–water partition coefficient (Wildman–Crippen LogP) is 2.06. The van der Waals surface area contributed by atoms with Crippen molar-refractivity contribution in [2.75, 3.05) is 11.9 Å². The lowest BCUT2D eigenvalue weighted by Crippen LogP contribution is -2.23. The number of hydrogen-bond donors (Lipinski definition) is 1. The summed E-state index contributed by atoms with van der Waals surface area (Å²) in [5.74, 6) is 0. The van der Waals surface area contributed by atoms with E-state index in [-0.39, 0.29) is 11.4 Å². The maximum absolute atomic E-state index is 12.0. The van der Waals surface area contributed by atoms with Crippen molar-refractivity contribution < 1.29 is 4.92 Å². The summed E-state index contributed by atoms with van der Waals surface area (Å²) >= 11 is 0. The highest BCUT2D eigenvalue weighted by Crippen LogP contribution is 2.25. The average Bonchev–Trinajstić information content (AvgIpc) is 2.80. The monoisotopic (exact) mass is 290 g/mol. The SMILES string of the molecule is CCNc1cc(Cn2ccn(CC)c2=O)ccc1[N+](=O)[O-]. The van der Waals surface area contributed by atoms with Gasteiger partial charge in [-0.1, -0.05) is 6.07 Å². The number of aromatic nitrogens is 2. The molecule has 0 radical (unpaired) electrons. The average molecular weight is 290 g/mol. The van der Waals surface area contributed by atoms with E-state index in [1.807, 2.05) is 13.8 Å². The first-order valence-electron chi connectivity index (χ1n) is 6.83. The Labute approximate surface area is 122 Å². The molecule has 0 saturated heterocycles. The van der Waals surface area contributed by atoms with Crippen LogP contribution in [0.5, 0.6) is 0 Å². The Hall–Kier alpha value is -2.57. The molecule has 21 heavy (non-hydrogen) atoms. The number of nitro groups is 1. The Kier molecular flexibility index (Phi) is 4.42. The Bertz CT molecular complexity index is 702. The Balaban J connectivity index is 2.32. The van der Waals surface area contributed by atoms with Crippen LogP contribution >= 0.6 is 0 Å². The van der Waals surface area contributed by atoms with Crippen molar-refractivity contribution in [3.63, 3.8) is 0 Å². The summed E-state index contributed by atoms with van der Waals surface area (Å²) < 4.78 is 3.19. The number of anilines is 1. The van der Waals surface area contributed by atoms with Gasteiger partial charge in [-0.3, -0.25) is 19.2 Å². The molecular formula is C14H18N4O3. The molecule has 0 spiro atoms. The zero-order valence-corrected chi connectivity index (χ0v) is 12.1. The van der Waals surface area contributed by atoms with Gasteiger partial charge >= 0.3 is 5.69 Å². The quantitative estimate of drug-likeness (QED) is 0.652. The van der Waals surface area contributed by atoms with E-state index in [0.29, 0.717) is 25.3 Å². The minimum Gasteiger partial charge on any atom is -0.380 e. The van der Waals surface area contributed by atoms with Gasteiger partial charge in [-0.05, 0) is 25.5 Å². The zero-order valence-electron chi connectivity index (χ0n) is 12.1. The third kappa shape index (κ3) is 3.13. The summed E-state index contributed by atoms with van der Waals surface area (Å²) in [6, 6.07) is 4.86. The van der Waals surface area contributed by atoms with E-state index in [1.54, 1.807) is 33.7 Å². The first-order chi connectivity index (χ1) is 10.1. The van der Waals surface area contributed by atoms with E-state index >= 15 is 0 Å². The number of aryl methyl sites for hydroxylation is 1. The molecule has 1 heterocycles. The van der Waals surface area contributed by atoms with Crippen LogP contribution in [-0.2, 0) is 13.1 Å². The number of benzene rings is 1. The molecule has 1 N–H and O–H groups in total. The maximum Gasteiger partial charge on any atom is 0.328 e. The molecule has 0 atom stereocenters. The highest BCUT2D eigenvalue weighted by atomic mass is 16.6. The molecule has 2 rings (SSSR count). The summed E-state index contributed by atoms with van der Waals surface area (Å²) in [4.78, 5) is 22.5. The van der Waals surface area contributed by atoms with Crippen LogP contribution in [0.15, 0.2) is 35.4 Å². The Morgan fingerprint density at radius 3 is 2.52 bits per heavy atom. The Morgan fingerprint density at radius 1 is 1.24 bits per heavy atom. The second kappa shape index (κ2) is 6.25. The number of nitrogens with zero attached hydrogens (tertiary/aromatic N) is 3. The van der Waals surface area contributed by atoms with Gasteiger partial charge in [-0.2, -0.15) is 0 Å². The highest BCUT2D eigenvalue weighted by Gasteiger charge is 2.14. The molecule has 0 aliphatic carbocycles. The highest BCUT2D eigenvalue weighted by molar-refractivity contribution is 5.62. The van der Waals surface area contributed by atoms with E-state index in [0.717, 1.165) is 5.56 Å². The van der Waals surface area contributed by atoms with Gasteiger partial charge in [0, 0.05) is 31.5 Å². The van der Waals surface area contributed by atoms with Gasteiger partial charge in [0.15, 0.2) is 0 Å². The molecule has 7 heteroatoms. The number of hydrogen-bond acceptors (Lipinski definition) is 4. The van der Waals surface area contributed by atoms with Crippen molar-refractivity contribution >= 4 is 11.4 Å². The van der Waals surface area contributed by atoms with Crippen LogP contribution in [0.1, 0.15) is 19.4 Å². The largest absolute Gasteiger partial charge is 0.380 e. The second-order valence-corrected chi connectivity index (χ2v) is 4.63. The lowest BCUT2D eigenvalue weighted by Gasteiger charge is -2.08. The smallest absolute Gasteiger partial charge is 0.328 e. The zero-order chi connectivity index (χ0) is 15.4. The van der Waals surface area contributed by atoms with Crippen molar-refractivity contribution in [2.45, 2.75) is 26.9 Å². The third-order valence-electron chi connectivity index (χ3n) is 3.24. The van der Waals surface area contributed by atoms with Crippen molar-refractivity contribution in [1.82, 2.24) is 9.13 Å². The minimum absolute atomic E-state index is 0.0408. The first-order valence-corrected chi connectivity index (χ1v) is 6.83. The molecule has 112 valence electrons. The van der Waals surface area contributed by atoms with Gasteiger partial charge in [0.1, 0.15) is 5.69 Å².